The lowest BCUT2D eigenvalue weighted by Gasteiger charge is -2.28. The molecule has 27 heavy (non-hydrogen) atoms. The Hall–Kier alpha value is -2.35. The van der Waals surface area contributed by atoms with Crippen molar-refractivity contribution in [1.82, 2.24) is 25.3 Å². The van der Waals surface area contributed by atoms with E-state index in [1.807, 2.05) is 37.3 Å². The number of halogens is 1. The molecule has 1 fully saturated rings. The molecule has 0 bridgehead atoms. The number of hydrogen-bond acceptors (Lipinski definition) is 7. The molecule has 0 saturated carbocycles. The number of benzene rings is 1. The quantitative estimate of drug-likeness (QED) is 0.521. The highest BCUT2D eigenvalue weighted by molar-refractivity contribution is 7.26. The number of piperazine rings is 1. The average molecular weight is 397 g/mol. The number of aryl methyl sites for hydroxylation is 1. The molecular formula is C19H17ClN6S. The lowest BCUT2D eigenvalue weighted by molar-refractivity contribution is 0.586. The molecule has 0 amide bonds. The van der Waals surface area contributed by atoms with Crippen molar-refractivity contribution in [3.63, 3.8) is 0 Å². The topological polar surface area (TPSA) is 66.8 Å². The minimum Gasteiger partial charge on any atom is -0.353 e. The van der Waals surface area contributed by atoms with Gasteiger partial charge in [0.1, 0.15) is 4.83 Å². The molecule has 136 valence electrons. The Morgan fingerprint density at radius 2 is 1.81 bits per heavy atom. The summed E-state index contributed by atoms with van der Waals surface area (Å²) in [6, 6.07) is 10.0. The van der Waals surface area contributed by atoms with Gasteiger partial charge in [0.25, 0.3) is 0 Å². The van der Waals surface area contributed by atoms with Crippen LogP contribution in [-0.2, 0) is 0 Å². The number of anilines is 1. The van der Waals surface area contributed by atoms with Gasteiger partial charge in [-0.05, 0) is 18.5 Å². The lowest BCUT2D eigenvalue weighted by atomic mass is 10.2. The highest BCUT2D eigenvalue weighted by atomic mass is 35.5. The fourth-order valence-electron chi connectivity index (χ4n) is 3.47. The van der Waals surface area contributed by atoms with Crippen molar-refractivity contribution in [2.75, 3.05) is 31.1 Å². The van der Waals surface area contributed by atoms with Crippen LogP contribution in [0.3, 0.4) is 0 Å². The second-order valence-electron chi connectivity index (χ2n) is 6.51. The van der Waals surface area contributed by atoms with Crippen LogP contribution < -0.4 is 10.2 Å². The third-order valence-electron chi connectivity index (χ3n) is 4.76. The first kappa shape index (κ1) is 16.8. The molecule has 3 aromatic heterocycles. The van der Waals surface area contributed by atoms with E-state index in [1.165, 1.54) is 0 Å². The first-order valence-electron chi connectivity index (χ1n) is 8.86. The molecule has 0 radical (unpaired) electrons. The molecule has 0 unspecified atom stereocenters. The lowest BCUT2D eigenvalue weighted by Crippen LogP contribution is -2.44. The van der Waals surface area contributed by atoms with Crippen molar-refractivity contribution >= 4 is 49.2 Å². The number of rotatable bonds is 2. The molecule has 4 aromatic rings. The molecular weight excluding hydrogens is 380 g/mol. The van der Waals surface area contributed by atoms with E-state index in [-0.39, 0.29) is 5.28 Å². The van der Waals surface area contributed by atoms with Crippen LogP contribution in [0.15, 0.2) is 30.3 Å². The third-order valence-corrected chi connectivity index (χ3v) is 6.00. The van der Waals surface area contributed by atoms with Gasteiger partial charge in [0.2, 0.25) is 5.28 Å². The first-order valence-corrected chi connectivity index (χ1v) is 10.1. The van der Waals surface area contributed by atoms with Crippen LogP contribution in [-0.4, -0.2) is 46.1 Å². The molecule has 1 saturated heterocycles. The van der Waals surface area contributed by atoms with Crippen molar-refractivity contribution in [1.29, 1.82) is 0 Å². The van der Waals surface area contributed by atoms with Crippen molar-refractivity contribution in [2.24, 2.45) is 0 Å². The Bertz CT molecular complexity index is 1140. The predicted octanol–water partition coefficient (Wildman–Crippen LogP) is 3.67. The van der Waals surface area contributed by atoms with Crippen LogP contribution in [0.2, 0.25) is 5.28 Å². The SMILES string of the molecule is Cc1nc(-c2ccccc2)nc2sc3c(N4CCNCC4)nc(Cl)nc3c12. The summed E-state index contributed by atoms with van der Waals surface area (Å²) in [5.41, 5.74) is 2.76. The van der Waals surface area contributed by atoms with Gasteiger partial charge >= 0.3 is 0 Å². The molecule has 1 N–H and O–H groups in total. The summed E-state index contributed by atoms with van der Waals surface area (Å²) in [5, 5.41) is 4.61. The molecule has 5 rings (SSSR count). The van der Waals surface area contributed by atoms with Crippen LogP contribution in [0.25, 0.3) is 31.8 Å². The molecule has 0 atom stereocenters. The highest BCUT2D eigenvalue weighted by Gasteiger charge is 2.22. The van der Waals surface area contributed by atoms with Crippen LogP contribution in [0, 0.1) is 6.92 Å². The first-order chi connectivity index (χ1) is 13.2. The highest BCUT2D eigenvalue weighted by Crippen LogP contribution is 2.39. The van der Waals surface area contributed by atoms with E-state index in [2.05, 4.69) is 20.2 Å². The smallest absolute Gasteiger partial charge is 0.224 e. The number of aromatic nitrogens is 4. The summed E-state index contributed by atoms with van der Waals surface area (Å²) in [7, 11) is 0. The molecule has 8 heteroatoms. The minimum absolute atomic E-state index is 0.266. The summed E-state index contributed by atoms with van der Waals surface area (Å²) in [4.78, 5) is 21.8. The molecule has 1 aliphatic heterocycles. The van der Waals surface area contributed by atoms with Crippen LogP contribution >= 0.6 is 22.9 Å². The molecule has 4 heterocycles. The summed E-state index contributed by atoms with van der Waals surface area (Å²) in [6.45, 7) is 5.67. The van der Waals surface area contributed by atoms with E-state index in [0.29, 0.717) is 0 Å². The number of thiophene rings is 1. The molecule has 1 aliphatic rings. The molecule has 0 aliphatic carbocycles. The number of fused-ring (bicyclic) bond motifs is 3. The Kier molecular flexibility index (Phi) is 4.15. The summed E-state index contributed by atoms with van der Waals surface area (Å²) in [5.74, 6) is 1.63. The van der Waals surface area contributed by atoms with Crippen LogP contribution in [0.4, 0.5) is 5.82 Å². The second-order valence-corrected chi connectivity index (χ2v) is 7.85. The maximum absolute atomic E-state index is 6.28. The van der Waals surface area contributed by atoms with Gasteiger partial charge in [-0.25, -0.2) is 15.0 Å². The van der Waals surface area contributed by atoms with E-state index in [9.17, 15) is 0 Å². The minimum atomic E-state index is 0.266. The van der Waals surface area contributed by atoms with Crippen molar-refractivity contribution in [3.8, 4) is 11.4 Å². The number of hydrogen-bond donors (Lipinski definition) is 1. The molecule has 6 nitrogen and oxygen atoms in total. The van der Waals surface area contributed by atoms with E-state index >= 15 is 0 Å². The van der Waals surface area contributed by atoms with Gasteiger partial charge in [0.05, 0.1) is 21.3 Å². The van der Waals surface area contributed by atoms with Crippen molar-refractivity contribution in [2.45, 2.75) is 6.92 Å². The maximum atomic E-state index is 6.28. The van der Waals surface area contributed by atoms with E-state index < -0.39 is 0 Å². The van der Waals surface area contributed by atoms with Crippen LogP contribution in [0.5, 0.6) is 0 Å². The van der Waals surface area contributed by atoms with Gasteiger partial charge in [0.15, 0.2) is 11.6 Å². The largest absolute Gasteiger partial charge is 0.353 e. The predicted molar refractivity (Wildman–Crippen MR) is 111 cm³/mol. The Morgan fingerprint density at radius 3 is 2.59 bits per heavy atom. The zero-order valence-electron chi connectivity index (χ0n) is 14.7. The Balaban J connectivity index is 1.75. The van der Waals surface area contributed by atoms with Gasteiger partial charge < -0.3 is 10.2 Å². The van der Waals surface area contributed by atoms with Gasteiger partial charge in [-0.2, -0.15) is 4.98 Å². The van der Waals surface area contributed by atoms with Gasteiger partial charge in [-0.15, -0.1) is 11.3 Å². The van der Waals surface area contributed by atoms with E-state index in [1.54, 1.807) is 11.3 Å². The molecule has 1 aromatic carbocycles. The average Bonchev–Trinajstić information content (AvgIpc) is 3.07. The van der Waals surface area contributed by atoms with Gasteiger partial charge in [-0.3, -0.25) is 0 Å². The summed E-state index contributed by atoms with van der Waals surface area (Å²) >= 11 is 7.90. The fourth-order valence-corrected chi connectivity index (χ4v) is 4.82. The standard InChI is InChI=1S/C19H17ClN6S/c1-11-13-14-15(17(25-19(20)23-14)26-9-7-21-8-10-26)27-18(13)24-16(22-11)12-5-3-2-4-6-12/h2-6,21H,7-10H2,1H3. The van der Waals surface area contributed by atoms with Gasteiger partial charge in [-0.1, -0.05) is 30.3 Å². The monoisotopic (exact) mass is 396 g/mol. The van der Waals surface area contributed by atoms with E-state index in [4.69, 9.17) is 21.6 Å². The third kappa shape index (κ3) is 2.92. The normalized spacial score (nSPS) is 15.0. The second kappa shape index (κ2) is 6.67. The molecule has 0 spiro atoms. The zero-order valence-corrected chi connectivity index (χ0v) is 16.3. The maximum Gasteiger partial charge on any atom is 0.224 e. The fraction of sp³-hybridized carbons (Fsp3) is 0.263. The van der Waals surface area contributed by atoms with Gasteiger partial charge in [0, 0.05) is 31.7 Å². The van der Waals surface area contributed by atoms with Crippen molar-refractivity contribution in [3.05, 3.63) is 41.3 Å². The van der Waals surface area contributed by atoms with Crippen LogP contribution in [0.1, 0.15) is 5.69 Å². The van der Waals surface area contributed by atoms with E-state index in [0.717, 1.165) is 69.5 Å². The number of nitrogens with zero attached hydrogens (tertiary/aromatic N) is 5. The van der Waals surface area contributed by atoms with Crippen molar-refractivity contribution < 1.29 is 0 Å². The summed E-state index contributed by atoms with van der Waals surface area (Å²) < 4.78 is 1.03. The summed E-state index contributed by atoms with van der Waals surface area (Å²) in [6.07, 6.45) is 0. The zero-order chi connectivity index (χ0) is 18.4. The Labute approximate surface area is 165 Å². The Morgan fingerprint density at radius 1 is 1.04 bits per heavy atom. The number of nitrogens with one attached hydrogen (secondary N) is 1.